The minimum atomic E-state index is -3.80. The largest absolute Gasteiger partial charge is 0.393 e. The Morgan fingerprint density at radius 2 is 1.76 bits per heavy atom. The van der Waals surface area contributed by atoms with E-state index in [2.05, 4.69) is 11.9 Å². The first-order valence-corrected chi connectivity index (χ1v) is 10.6. The van der Waals surface area contributed by atoms with Crippen LogP contribution >= 0.6 is 0 Å². The van der Waals surface area contributed by atoms with Gasteiger partial charge in [0.05, 0.1) is 42.7 Å². The molecule has 3 atom stereocenters. The predicted molar refractivity (Wildman–Crippen MR) is 114 cm³/mol. The van der Waals surface area contributed by atoms with Crippen LogP contribution in [0, 0.1) is 18.6 Å². The first kappa shape index (κ1) is 23.3. The van der Waals surface area contributed by atoms with Crippen molar-refractivity contribution in [2.75, 3.05) is 18.5 Å². The van der Waals surface area contributed by atoms with E-state index in [-0.39, 0.29) is 37.3 Å². The highest BCUT2D eigenvalue weighted by Gasteiger charge is 2.48. The van der Waals surface area contributed by atoms with Crippen LogP contribution in [-0.2, 0) is 10.7 Å². The van der Waals surface area contributed by atoms with Gasteiger partial charge in [-0.3, -0.25) is 4.79 Å². The molecule has 1 amide bonds. The van der Waals surface area contributed by atoms with E-state index in [1.165, 1.54) is 30.0 Å². The molecule has 2 aliphatic rings. The molecule has 2 fully saturated rings. The number of aryl methyl sites for hydroxylation is 1. The van der Waals surface area contributed by atoms with Crippen molar-refractivity contribution in [3.05, 3.63) is 77.0 Å². The first-order valence-electron chi connectivity index (χ1n) is 10.6. The Kier molecular flexibility index (Phi) is 6.20. The van der Waals surface area contributed by atoms with Gasteiger partial charge in [0, 0.05) is 11.3 Å². The number of benzene rings is 2. The molecule has 0 aromatic heterocycles. The predicted octanol–water partition coefficient (Wildman–Crippen LogP) is 4.36. The summed E-state index contributed by atoms with van der Waals surface area (Å²) < 4.78 is 64.5. The summed E-state index contributed by atoms with van der Waals surface area (Å²) in [6, 6.07) is 5.64. The number of fused-ring (bicyclic) bond motifs is 2. The highest BCUT2D eigenvalue weighted by molar-refractivity contribution is 6.04. The van der Waals surface area contributed by atoms with Crippen LogP contribution in [0.2, 0.25) is 0 Å². The molecule has 2 saturated heterocycles. The Hall–Kier alpha value is -2.91. The fraction of sp³-hybridized carbons (Fsp3) is 0.375. The average molecular weight is 464 g/mol. The van der Waals surface area contributed by atoms with Gasteiger partial charge >= 0.3 is 5.92 Å². The summed E-state index contributed by atoms with van der Waals surface area (Å²) in [5.41, 5.74) is -1.17. The SMILES string of the molecule is C=C(N1[C@@H]2COC[C@H]1CC(O)C2)C(F)(F)c1cc(C(=O)Nc2ccc(F)c(C)c2)ccc1F. The van der Waals surface area contributed by atoms with Crippen LogP contribution in [-0.4, -0.2) is 47.3 Å². The van der Waals surface area contributed by atoms with Gasteiger partial charge in [-0.15, -0.1) is 0 Å². The van der Waals surface area contributed by atoms with Crippen LogP contribution < -0.4 is 5.32 Å². The molecule has 5 nitrogen and oxygen atoms in total. The van der Waals surface area contributed by atoms with Crippen molar-refractivity contribution < 1.29 is 32.2 Å². The number of anilines is 1. The van der Waals surface area contributed by atoms with Crippen molar-refractivity contribution in [2.24, 2.45) is 0 Å². The number of halogens is 4. The van der Waals surface area contributed by atoms with E-state index in [9.17, 15) is 18.7 Å². The summed E-state index contributed by atoms with van der Waals surface area (Å²) in [4.78, 5) is 14.0. The molecule has 2 aromatic rings. The molecule has 0 spiro atoms. The molecule has 2 N–H and O–H groups in total. The monoisotopic (exact) mass is 464 g/mol. The summed E-state index contributed by atoms with van der Waals surface area (Å²) in [6.07, 6.45) is -0.137. The van der Waals surface area contributed by atoms with E-state index in [4.69, 9.17) is 4.74 Å². The second kappa shape index (κ2) is 8.79. The van der Waals surface area contributed by atoms with Crippen LogP contribution in [0.5, 0.6) is 0 Å². The van der Waals surface area contributed by atoms with Gasteiger partial charge in [0.1, 0.15) is 11.6 Å². The molecule has 2 heterocycles. The van der Waals surface area contributed by atoms with Crippen molar-refractivity contribution in [2.45, 2.75) is 43.9 Å². The van der Waals surface area contributed by atoms with Crippen molar-refractivity contribution in [3.8, 4) is 0 Å². The number of amides is 1. The lowest BCUT2D eigenvalue weighted by atomic mass is 9.89. The summed E-state index contributed by atoms with van der Waals surface area (Å²) in [7, 11) is 0. The third kappa shape index (κ3) is 4.47. The van der Waals surface area contributed by atoms with Gasteiger partial charge in [-0.1, -0.05) is 6.58 Å². The zero-order chi connectivity index (χ0) is 23.9. The van der Waals surface area contributed by atoms with E-state index in [0.717, 1.165) is 18.2 Å². The zero-order valence-corrected chi connectivity index (χ0v) is 18.0. The number of nitrogens with one attached hydrogen (secondary N) is 1. The minimum absolute atomic E-state index is 0.157. The number of carbonyl (C=O) groups excluding carboxylic acids is 1. The number of hydrogen-bond acceptors (Lipinski definition) is 4. The molecule has 33 heavy (non-hydrogen) atoms. The van der Waals surface area contributed by atoms with Crippen LogP contribution in [0.1, 0.15) is 34.3 Å². The maximum atomic E-state index is 15.5. The maximum absolute atomic E-state index is 15.5. The van der Waals surface area contributed by atoms with Crippen molar-refractivity contribution in [3.63, 3.8) is 0 Å². The van der Waals surface area contributed by atoms with E-state index in [1.54, 1.807) is 0 Å². The molecule has 0 aliphatic carbocycles. The van der Waals surface area contributed by atoms with Crippen molar-refractivity contribution in [1.82, 2.24) is 4.90 Å². The molecule has 2 aromatic carbocycles. The minimum Gasteiger partial charge on any atom is -0.393 e. The topological polar surface area (TPSA) is 61.8 Å². The number of ether oxygens (including phenoxy) is 1. The molecule has 4 rings (SSSR count). The average Bonchev–Trinajstić information content (AvgIpc) is 2.75. The molecule has 0 saturated carbocycles. The number of hydrogen-bond donors (Lipinski definition) is 2. The second-order valence-electron chi connectivity index (χ2n) is 8.51. The molecule has 2 aliphatic heterocycles. The van der Waals surface area contributed by atoms with Crippen molar-refractivity contribution in [1.29, 1.82) is 0 Å². The summed E-state index contributed by atoms with van der Waals surface area (Å²) >= 11 is 0. The molecule has 0 radical (unpaired) electrons. The Morgan fingerprint density at radius 1 is 1.12 bits per heavy atom. The quantitative estimate of drug-likeness (QED) is 0.646. The highest BCUT2D eigenvalue weighted by Crippen LogP contribution is 2.43. The smallest absolute Gasteiger partial charge is 0.314 e. The highest BCUT2D eigenvalue weighted by atomic mass is 19.3. The molecule has 2 bridgehead atoms. The van der Waals surface area contributed by atoms with E-state index in [0.29, 0.717) is 5.56 Å². The van der Waals surface area contributed by atoms with Crippen LogP contribution in [0.3, 0.4) is 0 Å². The molecular weight excluding hydrogens is 440 g/mol. The van der Waals surface area contributed by atoms with Gasteiger partial charge in [0.25, 0.3) is 5.91 Å². The molecular formula is C24H24F4N2O3. The van der Waals surface area contributed by atoms with Gasteiger partial charge in [-0.25, -0.2) is 8.78 Å². The number of allylic oxidation sites excluding steroid dienone is 1. The Bertz CT molecular complexity index is 1080. The second-order valence-corrected chi connectivity index (χ2v) is 8.51. The Labute approximate surface area is 188 Å². The summed E-state index contributed by atoms with van der Waals surface area (Å²) in [5, 5.41) is 12.5. The lowest BCUT2D eigenvalue weighted by molar-refractivity contribution is -0.114. The number of rotatable bonds is 5. The fourth-order valence-electron chi connectivity index (χ4n) is 4.48. The van der Waals surface area contributed by atoms with E-state index >= 15 is 8.78 Å². The number of nitrogens with zero attached hydrogens (tertiary/aromatic N) is 1. The molecule has 9 heteroatoms. The third-order valence-corrected chi connectivity index (χ3v) is 6.15. The molecule has 1 unspecified atom stereocenters. The first-order chi connectivity index (χ1) is 15.6. The van der Waals surface area contributed by atoms with Crippen LogP contribution in [0.4, 0.5) is 23.2 Å². The number of carbonyl (C=O) groups is 1. The third-order valence-electron chi connectivity index (χ3n) is 6.15. The fourth-order valence-corrected chi connectivity index (χ4v) is 4.48. The van der Waals surface area contributed by atoms with Gasteiger partial charge in [-0.2, -0.15) is 8.78 Å². The van der Waals surface area contributed by atoms with E-state index in [1.807, 2.05) is 0 Å². The lowest BCUT2D eigenvalue weighted by Gasteiger charge is -2.50. The lowest BCUT2D eigenvalue weighted by Crippen LogP contribution is -2.58. The standard InChI is InChI=1S/C24H24F4N2O3/c1-13-7-16(4-6-21(13)25)29-23(32)15-3-5-22(26)20(8-15)24(27,28)14(2)30-17-9-19(31)10-18(30)12-33-11-17/h3-8,17-19,31H,2,9-12H2,1H3,(H,29,32)/t17-,18+,19?. The van der Waals surface area contributed by atoms with Gasteiger partial charge < -0.3 is 20.1 Å². The maximum Gasteiger partial charge on any atom is 0.314 e. The number of piperidine rings is 1. The zero-order valence-electron chi connectivity index (χ0n) is 18.0. The van der Waals surface area contributed by atoms with Gasteiger partial charge in [0.2, 0.25) is 0 Å². The number of aliphatic hydroxyl groups is 1. The summed E-state index contributed by atoms with van der Waals surface area (Å²) in [5.74, 6) is -6.16. The van der Waals surface area contributed by atoms with E-state index < -0.39 is 52.9 Å². The normalized spacial score (nSPS) is 22.7. The Morgan fingerprint density at radius 3 is 2.39 bits per heavy atom. The van der Waals surface area contributed by atoms with Gasteiger partial charge in [0.15, 0.2) is 0 Å². The van der Waals surface area contributed by atoms with Crippen molar-refractivity contribution >= 4 is 11.6 Å². The number of alkyl halides is 2. The Balaban J connectivity index is 1.60. The van der Waals surface area contributed by atoms with Gasteiger partial charge in [-0.05, 0) is 61.7 Å². The summed E-state index contributed by atoms with van der Waals surface area (Å²) in [6.45, 7) is 5.41. The molecule has 176 valence electrons. The number of morpholine rings is 1. The number of aliphatic hydroxyl groups excluding tert-OH is 1. The van der Waals surface area contributed by atoms with Crippen LogP contribution in [0.15, 0.2) is 48.7 Å². The van der Waals surface area contributed by atoms with Crippen LogP contribution in [0.25, 0.3) is 0 Å².